The summed E-state index contributed by atoms with van der Waals surface area (Å²) in [5.74, 6) is 1.85. The lowest BCUT2D eigenvalue weighted by molar-refractivity contribution is -0.133. The van der Waals surface area contributed by atoms with E-state index in [0.717, 1.165) is 18.6 Å². The predicted molar refractivity (Wildman–Crippen MR) is 80.4 cm³/mol. The highest BCUT2D eigenvalue weighted by molar-refractivity contribution is 7.85. The number of nitrogens with zero attached hydrogens (tertiary/aromatic N) is 1. The van der Waals surface area contributed by atoms with Crippen molar-refractivity contribution in [3.05, 3.63) is 29.8 Å². The van der Waals surface area contributed by atoms with Gasteiger partial charge < -0.3 is 9.64 Å². The van der Waals surface area contributed by atoms with Gasteiger partial charge in [0.25, 0.3) is 5.91 Å². The van der Waals surface area contributed by atoms with E-state index in [4.69, 9.17) is 4.74 Å². The number of hydrogen-bond donors (Lipinski definition) is 0. The van der Waals surface area contributed by atoms with Crippen molar-refractivity contribution in [3.63, 3.8) is 0 Å². The van der Waals surface area contributed by atoms with Crippen LogP contribution in [0.5, 0.6) is 5.75 Å². The van der Waals surface area contributed by atoms with Crippen molar-refractivity contribution in [3.8, 4) is 5.75 Å². The maximum Gasteiger partial charge on any atom is 0.260 e. The van der Waals surface area contributed by atoms with Crippen molar-refractivity contribution in [1.82, 2.24) is 4.90 Å². The number of amides is 1. The number of carbonyl (C=O) groups is 1. The molecule has 20 heavy (non-hydrogen) atoms. The minimum atomic E-state index is -0.757. The third-order valence-electron chi connectivity index (χ3n) is 3.35. The maximum absolute atomic E-state index is 11.9. The van der Waals surface area contributed by atoms with E-state index in [2.05, 4.69) is 6.92 Å². The second kappa shape index (κ2) is 7.43. The normalized spacial score (nSPS) is 16.1. The molecule has 110 valence electrons. The van der Waals surface area contributed by atoms with E-state index in [1.54, 1.807) is 4.90 Å². The molecule has 0 spiro atoms. The molecule has 0 saturated carbocycles. The van der Waals surface area contributed by atoms with Crippen LogP contribution in [0, 0.1) is 0 Å². The Balaban J connectivity index is 1.79. The Labute approximate surface area is 122 Å². The molecule has 0 atom stereocenters. The van der Waals surface area contributed by atoms with Gasteiger partial charge in [-0.3, -0.25) is 9.00 Å². The molecule has 0 aliphatic carbocycles. The number of ether oxygens (including phenoxy) is 1. The van der Waals surface area contributed by atoms with Gasteiger partial charge in [0.2, 0.25) is 0 Å². The Morgan fingerprint density at radius 3 is 2.50 bits per heavy atom. The molecule has 2 rings (SSSR count). The van der Waals surface area contributed by atoms with Crippen LogP contribution in [0.2, 0.25) is 0 Å². The highest BCUT2D eigenvalue weighted by atomic mass is 32.2. The SMILES string of the molecule is CCCc1ccc(OCC(=O)N2CCS(=O)CC2)cc1. The Kier molecular flexibility index (Phi) is 5.59. The molecule has 4 nitrogen and oxygen atoms in total. The zero-order valence-electron chi connectivity index (χ0n) is 11.8. The second-order valence-electron chi connectivity index (χ2n) is 4.91. The number of hydrogen-bond acceptors (Lipinski definition) is 3. The van der Waals surface area contributed by atoms with Crippen molar-refractivity contribution in [1.29, 1.82) is 0 Å². The monoisotopic (exact) mass is 295 g/mol. The van der Waals surface area contributed by atoms with Crippen LogP contribution >= 0.6 is 0 Å². The average Bonchev–Trinajstić information content (AvgIpc) is 2.47. The van der Waals surface area contributed by atoms with Gasteiger partial charge in [0, 0.05) is 35.4 Å². The maximum atomic E-state index is 11.9. The Hall–Kier alpha value is -1.36. The Morgan fingerprint density at radius 2 is 1.90 bits per heavy atom. The molecule has 5 heteroatoms. The molecular formula is C15H21NO3S. The number of rotatable bonds is 5. The fourth-order valence-corrected chi connectivity index (χ4v) is 3.22. The molecule has 0 radical (unpaired) electrons. The van der Waals surface area contributed by atoms with Gasteiger partial charge in [-0.2, -0.15) is 0 Å². The van der Waals surface area contributed by atoms with Gasteiger partial charge in [-0.15, -0.1) is 0 Å². The minimum absolute atomic E-state index is 0.0284. The van der Waals surface area contributed by atoms with Gasteiger partial charge in [-0.1, -0.05) is 25.5 Å². The lowest BCUT2D eigenvalue weighted by atomic mass is 10.1. The molecule has 0 unspecified atom stereocenters. The molecule has 1 aliphatic heterocycles. The summed E-state index contributed by atoms with van der Waals surface area (Å²) in [7, 11) is -0.757. The van der Waals surface area contributed by atoms with Crippen molar-refractivity contribution in [2.75, 3.05) is 31.2 Å². The van der Waals surface area contributed by atoms with Crippen LogP contribution in [0.3, 0.4) is 0 Å². The summed E-state index contributed by atoms with van der Waals surface area (Å²) in [6.07, 6.45) is 2.18. The molecule has 1 aromatic carbocycles. The van der Waals surface area contributed by atoms with Crippen molar-refractivity contribution in [2.45, 2.75) is 19.8 Å². The van der Waals surface area contributed by atoms with E-state index < -0.39 is 10.8 Å². The van der Waals surface area contributed by atoms with Gasteiger partial charge in [0.15, 0.2) is 6.61 Å². The smallest absolute Gasteiger partial charge is 0.260 e. The van der Waals surface area contributed by atoms with Crippen LogP contribution in [-0.4, -0.2) is 46.2 Å². The summed E-state index contributed by atoms with van der Waals surface area (Å²) in [4.78, 5) is 13.7. The molecule has 0 N–H and O–H groups in total. The van der Waals surface area contributed by atoms with E-state index >= 15 is 0 Å². The zero-order valence-corrected chi connectivity index (χ0v) is 12.7. The van der Waals surface area contributed by atoms with Gasteiger partial charge >= 0.3 is 0 Å². The first kappa shape index (κ1) is 15.0. The molecule has 1 fully saturated rings. The van der Waals surface area contributed by atoms with Crippen LogP contribution < -0.4 is 4.74 Å². The van der Waals surface area contributed by atoms with Crippen LogP contribution in [0.1, 0.15) is 18.9 Å². The van der Waals surface area contributed by atoms with Crippen molar-refractivity contribution in [2.24, 2.45) is 0 Å². The molecule has 1 heterocycles. The standard InChI is InChI=1S/C15H21NO3S/c1-2-3-13-4-6-14(7-5-13)19-12-15(17)16-8-10-20(18)11-9-16/h4-7H,2-3,8-12H2,1H3. The molecule has 0 aromatic heterocycles. The Morgan fingerprint density at radius 1 is 1.25 bits per heavy atom. The fraction of sp³-hybridized carbons (Fsp3) is 0.533. The average molecular weight is 295 g/mol. The predicted octanol–water partition coefficient (Wildman–Crippen LogP) is 1.61. The highest BCUT2D eigenvalue weighted by Crippen LogP contribution is 2.13. The van der Waals surface area contributed by atoms with E-state index in [1.807, 2.05) is 24.3 Å². The van der Waals surface area contributed by atoms with E-state index in [1.165, 1.54) is 5.56 Å². The first-order valence-corrected chi connectivity index (χ1v) is 8.52. The van der Waals surface area contributed by atoms with Gasteiger partial charge in [-0.25, -0.2) is 0 Å². The van der Waals surface area contributed by atoms with Crippen LogP contribution in [-0.2, 0) is 22.0 Å². The Bertz CT molecular complexity index is 463. The third kappa shape index (κ3) is 4.34. The molecule has 1 saturated heterocycles. The number of aryl methyl sites for hydroxylation is 1. The topological polar surface area (TPSA) is 46.6 Å². The number of benzene rings is 1. The summed E-state index contributed by atoms with van der Waals surface area (Å²) in [5.41, 5.74) is 1.28. The van der Waals surface area contributed by atoms with Crippen molar-refractivity contribution >= 4 is 16.7 Å². The van der Waals surface area contributed by atoms with Crippen LogP contribution in [0.4, 0.5) is 0 Å². The van der Waals surface area contributed by atoms with E-state index in [0.29, 0.717) is 24.6 Å². The minimum Gasteiger partial charge on any atom is -0.484 e. The van der Waals surface area contributed by atoms with E-state index in [-0.39, 0.29) is 12.5 Å². The van der Waals surface area contributed by atoms with Crippen LogP contribution in [0.15, 0.2) is 24.3 Å². The van der Waals surface area contributed by atoms with Crippen LogP contribution in [0.25, 0.3) is 0 Å². The van der Waals surface area contributed by atoms with Gasteiger partial charge in [0.1, 0.15) is 5.75 Å². The quantitative estimate of drug-likeness (QED) is 0.829. The van der Waals surface area contributed by atoms with E-state index in [9.17, 15) is 9.00 Å². The summed E-state index contributed by atoms with van der Waals surface area (Å²) < 4.78 is 16.8. The summed E-state index contributed by atoms with van der Waals surface area (Å²) in [6, 6.07) is 7.88. The van der Waals surface area contributed by atoms with Crippen molar-refractivity contribution < 1.29 is 13.7 Å². The lowest BCUT2D eigenvalue weighted by Crippen LogP contribution is -2.43. The zero-order chi connectivity index (χ0) is 14.4. The van der Waals surface area contributed by atoms with Gasteiger partial charge in [-0.05, 0) is 24.1 Å². The molecule has 1 amide bonds. The molecule has 1 aromatic rings. The summed E-state index contributed by atoms with van der Waals surface area (Å²) in [6.45, 7) is 3.35. The fourth-order valence-electron chi connectivity index (χ4n) is 2.16. The second-order valence-corrected chi connectivity index (χ2v) is 6.61. The third-order valence-corrected chi connectivity index (χ3v) is 4.63. The molecule has 1 aliphatic rings. The largest absolute Gasteiger partial charge is 0.484 e. The first-order chi connectivity index (χ1) is 9.69. The molecular weight excluding hydrogens is 274 g/mol. The first-order valence-electron chi connectivity index (χ1n) is 7.03. The summed E-state index contributed by atoms with van der Waals surface area (Å²) in [5, 5.41) is 0. The lowest BCUT2D eigenvalue weighted by Gasteiger charge is -2.26. The molecule has 0 bridgehead atoms. The number of carbonyl (C=O) groups excluding carboxylic acids is 1. The highest BCUT2D eigenvalue weighted by Gasteiger charge is 2.20. The summed E-state index contributed by atoms with van der Waals surface area (Å²) >= 11 is 0. The van der Waals surface area contributed by atoms with Gasteiger partial charge in [0.05, 0.1) is 0 Å².